The number of aromatic nitrogens is 2. The molecular weight excluding hydrogens is 403 g/mol. The topological polar surface area (TPSA) is 67.7 Å². The Hall–Kier alpha value is -2.09. The van der Waals surface area contributed by atoms with Crippen molar-refractivity contribution in [2.75, 3.05) is 33.3 Å². The highest BCUT2D eigenvalue weighted by atomic mass is 35.5. The molecule has 0 saturated carbocycles. The van der Waals surface area contributed by atoms with Gasteiger partial charge in [0.15, 0.2) is 0 Å². The molecule has 2 aromatic rings. The number of piperazine rings is 1. The Kier molecular flexibility index (Phi) is 6.27. The Morgan fingerprint density at radius 3 is 2.32 bits per heavy atom. The molecule has 2 heterocycles. The number of benzene rings is 1. The molecule has 1 aliphatic heterocycles. The summed E-state index contributed by atoms with van der Waals surface area (Å²) >= 11 is 12.5. The third-order valence-corrected chi connectivity index (χ3v) is 5.73. The van der Waals surface area contributed by atoms with Crippen LogP contribution in [0.5, 0.6) is 0 Å². The van der Waals surface area contributed by atoms with Gasteiger partial charge in [0.2, 0.25) is 0 Å². The zero-order valence-corrected chi connectivity index (χ0v) is 17.5. The summed E-state index contributed by atoms with van der Waals surface area (Å²) in [5.74, 6) is -0.526. The normalized spacial score (nSPS) is 16.1. The minimum atomic E-state index is -0.611. The van der Waals surface area contributed by atoms with Crippen molar-refractivity contribution in [3.63, 3.8) is 0 Å². The van der Waals surface area contributed by atoms with Gasteiger partial charge in [-0.25, -0.2) is 4.79 Å². The number of hydrogen-bond acceptors (Lipinski definition) is 5. The maximum absolute atomic E-state index is 12.9. The fraction of sp³-hybridized carbons (Fsp3) is 0.421. The van der Waals surface area contributed by atoms with E-state index in [1.54, 1.807) is 24.9 Å². The van der Waals surface area contributed by atoms with E-state index in [1.165, 1.54) is 11.8 Å². The third kappa shape index (κ3) is 3.87. The van der Waals surface area contributed by atoms with Crippen molar-refractivity contribution in [3.8, 4) is 0 Å². The Labute approximate surface area is 173 Å². The van der Waals surface area contributed by atoms with Gasteiger partial charge in [-0.05, 0) is 18.6 Å². The molecule has 1 atom stereocenters. The number of hydrogen-bond donors (Lipinski definition) is 0. The van der Waals surface area contributed by atoms with E-state index in [0.29, 0.717) is 53.2 Å². The van der Waals surface area contributed by atoms with Gasteiger partial charge in [0.25, 0.3) is 5.91 Å². The van der Waals surface area contributed by atoms with Gasteiger partial charge in [-0.2, -0.15) is 5.10 Å². The Morgan fingerprint density at radius 1 is 1.14 bits per heavy atom. The van der Waals surface area contributed by atoms with Crippen molar-refractivity contribution < 1.29 is 14.3 Å². The van der Waals surface area contributed by atoms with Gasteiger partial charge in [-0.1, -0.05) is 41.4 Å². The lowest BCUT2D eigenvalue weighted by Crippen LogP contribution is -2.51. The van der Waals surface area contributed by atoms with Crippen LogP contribution in [-0.4, -0.2) is 64.7 Å². The summed E-state index contributed by atoms with van der Waals surface area (Å²) in [6.07, 6.45) is 0. The molecule has 3 rings (SSSR count). The van der Waals surface area contributed by atoms with E-state index in [-0.39, 0.29) is 11.9 Å². The third-order valence-electron chi connectivity index (χ3n) is 4.96. The van der Waals surface area contributed by atoms with Gasteiger partial charge in [0.1, 0.15) is 11.2 Å². The second-order valence-corrected chi connectivity index (χ2v) is 7.42. The number of ether oxygens (including phenoxy) is 1. The zero-order valence-electron chi connectivity index (χ0n) is 16.0. The van der Waals surface area contributed by atoms with Gasteiger partial charge in [-0.3, -0.25) is 14.4 Å². The number of carbonyl (C=O) groups is 2. The molecule has 1 aliphatic rings. The summed E-state index contributed by atoms with van der Waals surface area (Å²) in [6, 6.07) is 6.61. The molecule has 0 aliphatic carbocycles. The van der Waals surface area contributed by atoms with Crippen molar-refractivity contribution in [2.45, 2.75) is 13.0 Å². The fourth-order valence-electron chi connectivity index (χ4n) is 3.50. The van der Waals surface area contributed by atoms with Crippen molar-refractivity contribution in [3.05, 3.63) is 51.3 Å². The first-order valence-corrected chi connectivity index (χ1v) is 9.65. The second kappa shape index (κ2) is 8.51. The van der Waals surface area contributed by atoms with E-state index in [0.717, 1.165) is 0 Å². The van der Waals surface area contributed by atoms with Crippen LogP contribution in [0.25, 0.3) is 0 Å². The molecule has 150 valence electrons. The van der Waals surface area contributed by atoms with E-state index in [9.17, 15) is 9.59 Å². The van der Waals surface area contributed by atoms with Crippen LogP contribution in [-0.2, 0) is 16.6 Å². The minimum absolute atomic E-state index is 0.150. The van der Waals surface area contributed by atoms with Gasteiger partial charge < -0.3 is 9.64 Å². The van der Waals surface area contributed by atoms with E-state index in [4.69, 9.17) is 27.9 Å². The van der Waals surface area contributed by atoms with E-state index < -0.39 is 6.04 Å². The second-order valence-electron chi connectivity index (χ2n) is 6.65. The minimum Gasteiger partial charge on any atom is -0.468 e. The summed E-state index contributed by atoms with van der Waals surface area (Å²) in [5.41, 5.74) is 1.72. The quantitative estimate of drug-likeness (QED) is 0.705. The van der Waals surface area contributed by atoms with Gasteiger partial charge >= 0.3 is 5.97 Å². The van der Waals surface area contributed by atoms with Crippen molar-refractivity contribution in [1.82, 2.24) is 19.6 Å². The van der Waals surface area contributed by atoms with Gasteiger partial charge in [-0.15, -0.1) is 0 Å². The standard InChI is InChI=1S/C19H22Cl2N4O3/c1-12-15(17(21)23(2)22-12)18(26)25-10-8-24(9-11-25)16(19(27)28-3)13-6-4-5-7-14(13)20/h4-7,16H,8-11H2,1-3H3. The van der Waals surface area contributed by atoms with Crippen molar-refractivity contribution >= 4 is 35.1 Å². The van der Waals surface area contributed by atoms with Crippen LogP contribution >= 0.6 is 23.2 Å². The molecule has 0 spiro atoms. The molecule has 1 aromatic heterocycles. The number of aryl methyl sites for hydroxylation is 2. The molecule has 1 aromatic carbocycles. The average Bonchev–Trinajstić information content (AvgIpc) is 2.95. The molecule has 0 radical (unpaired) electrons. The maximum atomic E-state index is 12.9. The average molecular weight is 425 g/mol. The molecule has 0 N–H and O–H groups in total. The summed E-state index contributed by atoms with van der Waals surface area (Å²) in [7, 11) is 3.06. The molecular formula is C19H22Cl2N4O3. The highest BCUT2D eigenvalue weighted by Crippen LogP contribution is 2.30. The lowest BCUT2D eigenvalue weighted by Gasteiger charge is -2.38. The first kappa shape index (κ1) is 20.6. The monoisotopic (exact) mass is 424 g/mol. The first-order chi connectivity index (χ1) is 13.3. The van der Waals surface area contributed by atoms with Crippen LogP contribution < -0.4 is 0 Å². The Morgan fingerprint density at radius 2 is 1.79 bits per heavy atom. The SMILES string of the molecule is COC(=O)C(c1ccccc1Cl)N1CCN(C(=O)c2c(C)nn(C)c2Cl)CC1. The summed E-state index contributed by atoms with van der Waals surface area (Å²) in [6.45, 7) is 3.70. The first-order valence-electron chi connectivity index (χ1n) is 8.89. The van der Waals surface area contributed by atoms with Crippen molar-refractivity contribution in [2.24, 2.45) is 7.05 Å². The van der Waals surface area contributed by atoms with E-state index in [2.05, 4.69) is 5.10 Å². The van der Waals surface area contributed by atoms with E-state index in [1.807, 2.05) is 23.1 Å². The predicted molar refractivity (Wildman–Crippen MR) is 107 cm³/mol. The van der Waals surface area contributed by atoms with Gasteiger partial charge in [0.05, 0.1) is 18.4 Å². The number of esters is 1. The van der Waals surface area contributed by atoms with Crippen molar-refractivity contribution in [1.29, 1.82) is 0 Å². The van der Waals surface area contributed by atoms with Crippen LogP contribution in [0.2, 0.25) is 10.2 Å². The van der Waals surface area contributed by atoms with Crippen LogP contribution in [0.1, 0.15) is 27.7 Å². The summed E-state index contributed by atoms with van der Waals surface area (Å²) in [5, 5.41) is 5.04. The maximum Gasteiger partial charge on any atom is 0.327 e. The molecule has 1 saturated heterocycles. The molecule has 1 unspecified atom stereocenters. The van der Waals surface area contributed by atoms with Crippen LogP contribution in [0.4, 0.5) is 0 Å². The Bertz CT molecular complexity index is 891. The number of nitrogens with zero attached hydrogens (tertiary/aromatic N) is 4. The molecule has 7 nitrogen and oxygen atoms in total. The number of halogens is 2. The highest BCUT2D eigenvalue weighted by molar-refractivity contribution is 6.33. The smallest absolute Gasteiger partial charge is 0.327 e. The highest BCUT2D eigenvalue weighted by Gasteiger charge is 2.34. The number of carbonyl (C=O) groups excluding carboxylic acids is 2. The fourth-order valence-corrected chi connectivity index (χ4v) is 3.99. The zero-order chi connectivity index (χ0) is 20.4. The lowest BCUT2D eigenvalue weighted by atomic mass is 10.0. The number of methoxy groups -OCH3 is 1. The molecule has 1 amide bonds. The van der Waals surface area contributed by atoms with Gasteiger partial charge in [0, 0.05) is 38.2 Å². The molecule has 1 fully saturated rings. The summed E-state index contributed by atoms with van der Waals surface area (Å²) < 4.78 is 6.50. The molecule has 28 heavy (non-hydrogen) atoms. The largest absolute Gasteiger partial charge is 0.468 e. The van der Waals surface area contributed by atoms with Crippen LogP contribution in [0.15, 0.2) is 24.3 Å². The van der Waals surface area contributed by atoms with Crippen LogP contribution in [0.3, 0.4) is 0 Å². The number of rotatable bonds is 4. The number of amides is 1. The summed E-state index contributed by atoms with van der Waals surface area (Å²) in [4.78, 5) is 29.1. The Balaban J connectivity index is 1.77. The molecule has 0 bridgehead atoms. The lowest BCUT2D eigenvalue weighted by molar-refractivity contribution is -0.148. The van der Waals surface area contributed by atoms with Crippen LogP contribution in [0, 0.1) is 6.92 Å². The van der Waals surface area contributed by atoms with E-state index >= 15 is 0 Å². The molecule has 9 heteroatoms. The predicted octanol–water partition coefficient (Wildman–Crippen LogP) is 2.71.